The molecule has 1 aromatic carbocycles. The Bertz CT molecular complexity index is 802. The summed E-state index contributed by atoms with van der Waals surface area (Å²) in [4.78, 5) is 22.4. The number of amides is 1. The van der Waals surface area contributed by atoms with Crippen molar-refractivity contribution in [3.05, 3.63) is 54.1 Å². The number of aliphatic imine (C=N–C) groups is 1. The Balaban J connectivity index is 0.00000341. The topological polar surface area (TPSA) is 83.8 Å². The zero-order valence-corrected chi connectivity index (χ0v) is 20.6. The number of nitrogens with zero attached hydrogens (tertiary/aromatic N) is 4. The van der Waals surface area contributed by atoms with Crippen LogP contribution in [-0.2, 0) is 17.8 Å². The lowest BCUT2D eigenvalue weighted by atomic mass is 10.1. The Labute approximate surface area is 201 Å². The van der Waals surface area contributed by atoms with E-state index in [1.54, 1.807) is 11.1 Å². The second-order valence-corrected chi connectivity index (χ2v) is 7.35. The van der Waals surface area contributed by atoms with Crippen molar-refractivity contribution < 1.29 is 9.53 Å². The molecule has 2 aromatic rings. The molecule has 1 saturated heterocycles. The number of nitrogens with one attached hydrogen (secondary N) is 2. The van der Waals surface area contributed by atoms with E-state index in [0.717, 1.165) is 31.9 Å². The van der Waals surface area contributed by atoms with Gasteiger partial charge in [0.15, 0.2) is 5.96 Å². The monoisotopic (exact) mass is 540 g/mol. The standard InChI is InChI=1S/C22H32N6O2.HI/c1-3-24-21(26-20-9-12-28(13-10-20)22(29)30-4-2)25-15-18-5-7-19(8-6-18)16-27-14-11-23-17-27;/h5-8,11,14,17,20H,3-4,9-10,12-13,15-16H2,1-2H3,(H2,24,25,26);1H. The summed E-state index contributed by atoms with van der Waals surface area (Å²) in [5, 5.41) is 6.83. The van der Waals surface area contributed by atoms with Crippen molar-refractivity contribution in [2.45, 2.75) is 45.8 Å². The number of likely N-dealkylation sites (tertiary alicyclic amines) is 1. The maximum atomic E-state index is 11.8. The Morgan fingerprint density at radius 1 is 1.19 bits per heavy atom. The number of rotatable bonds is 7. The fourth-order valence-corrected chi connectivity index (χ4v) is 3.45. The van der Waals surface area contributed by atoms with Crippen LogP contribution in [0.15, 0.2) is 48.0 Å². The van der Waals surface area contributed by atoms with E-state index in [9.17, 15) is 4.79 Å². The van der Waals surface area contributed by atoms with Crippen LogP contribution in [0.25, 0.3) is 0 Å². The molecule has 3 rings (SSSR count). The predicted octanol–water partition coefficient (Wildman–Crippen LogP) is 3.23. The number of benzene rings is 1. The van der Waals surface area contributed by atoms with Crippen molar-refractivity contribution in [3.8, 4) is 0 Å². The number of aromatic nitrogens is 2. The lowest BCUT2D eigenvalue weighted by Gasteiger charge is -2.32. The van der Waals surface area contributed by atoms with Gasteiger partial charge in [0.25, 0.3) is 0 Å². The molecule has 8 nitrogen and oxygen atoms in total. The van der Waals surface area contributed by atoms with E-state index < -0.39 is 0 Å². The van der Waals surface area contributed by atoms with Crippen LogP contribution >= 0.6 is 24.0 Å². The molecule has 1 fully saturated rings. The molecule has 1 aliphatic heterocycles. The quantitative estimate of drug-likeness (QED) is 0.320. The summed E-state index contributed by atoms with van der Waals surface area (Å²) in [6.07, 6.45) is 7.12. The molecule has 0 bridgehead atoms. The van der Waals surface area contributed by atoms with E-state index in [1.807, 2.05) is 24.0 Å². The van der Waals surface area contributed by atoms with E-state index in [-0.39, 0.29) is 30.1 Å². The van der Waals surface area contributed by atoms with E-state index in [0.29, 0.717) is 32.3 Å². The first kappa shape index (κ1) is 25.0. The van der Waals surface area contributed by atoms with Gasteiger partial charge in [-0.2, -0.15) is 0 Å². The molecular formula is C22H33IN6O2. The molecule has 1 aliphatic rings. The predicted molar refractivity (Wildman–Crippen MR) is 133 cm³/mol. The van der Waals surface area contributed by atoms with Crippen LogP contribution in [0, 0.1) is 0 Å². The second kappa shape index (κ2) is 13.2. The summed E-state index contributed by atoms with van der Waals surface area (Å²) in [6.45, 7) is 7.95. The number of hydrogen-bond donors (Lipinski definition) is 2. The lowest BCUT2D eigenvalue weighted by Crippen LogP contribution is -2.49. The summed E-state index contributed by atoms with van der Waals surface area (Å²) in [6, 6.07) is 8.81. The van der Waals surface area contributed by atoms with Gasteiger partial charge in [0.1, 0.15) is 0 Å². The first-order chi connectivity index (χ1) is 14.7. The van der Waals surface area contributed by atoms with Gasteiger partial charge in [-0.3, -0.25) is 0 Å². The fourth-order valence-electron chi connectivity index (χ4n) is 3.45. The van der Waals surface area contributed by atoms with E-state index >= 15 is 0 Å². The first-order valence-corrected chi connectivity index (χ1v) is 10.7. The molecule has 2 N–H and O–H groups in total. The number of carbonyl (C=O) groups is 1. The highest BCUT2D eigenvalue weighted by Gasteiger charge is 2.24. The number of guanidine groups is 1. The van der Waals surface area contributed by atoms with Gasteiger partial charge in [0.2, 0.25) is 0 Å². The molecule has 1 aromatic heterocycles. The van der Waals surface area contributed by atoms with E-state index in [4.69, 9.17) is 9.73 Å². The van der Waals surface area contributed by atoms with Crippen molar-refractivity contribution in [1.82, 2.24) is 25.1 Å². The molecule has 0 radical (unpaired) electrons. The average Bonchev–Trinajstić information content (AvgIpc) is 3.27. The molecule has 0 aliphatic carbocycles. The van der Waals surface area contributed by atoms with Gasteiger partial charge in [-0.25, -0.2) is 14.8 Å². The zero-order chi connectivity index (χ0) is 21.2. The number of halogens is 1. The Kier molecular flexibility index (Phi) is 10.6. The lowest BCUT2D eigenvalue weighted by molar-refractivity contribution is 0.0963. The van der Waals surface area contributed by atoms with Crippen LogP contribution in [0.4, 0.5) is 4.79 Å². The van der Waals surface area contributed by atoms with Crippen molar-refractivity contribution >= 4 is 36.0 Å². The van der Waals surface area contributed by atoms with Gasteiger partial charge in [0, 0.05) is 44.6 Å². The highest BCUT2D eigenvalue weighted by atomic mass is 127. The maximum Gasteiger partial charge on any atom is 0.409 e. The average molecular weight is 540 g/mol. The first-order valence-electron chi connectivity index (χ1n) is 10.7. The molecule has 1 amide bonds. The number of hydrogen-bond acceptors (Lipinski definition) is 4. The zero-order valence-electron chi connectivity index (χ0n) is 18.3. The van der Waals surface area contributed by atoms with Crippen LogP contribution in [0.3, 0.4) is 0 Å². The minimum absolute atomic E-state index is 0. The normalized spacial score (nSPS) is 14.6. The molecular weight excluding hydrogens is 507 g/mol. The van der Waals surface area contributed by atoms with Crippen molar-refractivity contribution in [2.24, 2.45) is 4.99 Å². The van der Waals surface area contributed by atoms with Crippen LogP contribution < -0.4 is 10.6 Å². The Morgan fingerprint density at radius 2 is 1.90 bits per heavy atom. The van der Waals surface area contributed by atoms with Crippen molar-refractivity contribution in [1.29, 1.82) is 0 Å². The van der Waals surface area contributed by atoms with Crippen LogP contribution in [0.5, 0.6) is 0 Å². The summed E-state index contributed by atoms with van der Waals surface area (Å²) in [7, 11) is 0. The number of imidazole rings is 1. The van der Waals surface area contributed by atoms with Gasteiger partial charge in [-0.15, -0.1) is 24.0 Å². The number of ether oxygens (including phenoxy) is 1. The molecule has 9 heteroatoms. The highest BCUT2D eigenvalue weighted by Crippen LogP contribution is 2.12. The van der Waals surface area contributed by atoms with E-state index in [2.05, 4.69) is 46.8 Å². The summed E-state index contributed by atoms with van der Waals surface area (Å²) in [5.74, 6) is 0.814. The van der Waals surface area contributed by atoms with Crippen LogP contribution in [0.2, 0.25) is 0 Å². The smallest absolute Gasteiger partial charge is 0.409 e. The molecule has 0 spiro atoms. The van der Waals surface area contributed by atoms with Crippen molar-refractivity contribution in [3.63, 3.8) is 0 Å². The maximum absolute atomic E-state index is 11.8. The van der Waals surface area contributed by atoms with Gasteiger partial charge in [-0.1, -0.05) is 24.3 Å². The SMILES string of the molecule is CCNC(=NCc1ccc(Cn2ccnc2)cc1)NC1CCN(C(=O)OCC)CC1.I. The summed E-state index contributed by atoms with van der Waals surface area (Å²) in [5.41, 5.74) is 2.40. The molecule has 0 unspecified atom stereocenters. The summed E-state index contributed by atoms with van der Waals surface area (Å²) >= 11 is 0. The number of piperidine rings is 1. The minimum Gasteiger partial charge on any atom is -0.450 e. The van der Waals surface area contributed by atoms with Gasteiger partial charge >= 0.3 is 6.09 Å². The fraction of sp³-hybridized carbons (Fsp3) is 0.500. The highest BCUT2D eigenvalue weighted by molar-refractivity contribution is 14.0. The van der Waals surface area contributed by atoms with Gasteiger partial charge in [-0.05, 0) is 37.8 Å². The second-order valence-electron chi connectivity index (χ2n) is 7.35. The Morgan fingerprint density at radius 3 is 2.52 bits per heavy atom. The van der Waals surface area contributed by atoms with Gasteiger partial charge in [0.05, 0.1) is 19.5 Å². The molecule has 2 heterocycles. The van der Waals surface area contributed by atoms with Gasteiger partial charge < -0.3 is 24.8 Å². The largest absolute Gasteiger partial charge is 0.450 e. The molecule has 31 heavy (non-hydrogen) atoms. The number of carbonyl (C=O) groups excluding carboxylic acids is 1. The molecule has 170 valence electrons. The van der Waals surface area contributed by atoms with Crippen molar-refractivity contribution in [2.75, 3.05) is 26.2 Å². The minimum atomic E-state index is -0.215. The third-order valence-electron chi connectivity index (χ3n) is 5.07. The summed E-state index contributed by atoms with van der Waals surface area (Å²) < 4.78 is 7.14. The molecule has 0 saturated carbocycles. The van der Waals surface area contributed by atoms with Crippen LogP contribution in [0.1, 0.15) is 37.8 Å². The molecule has 0 atom stereocenters. The third-order valence-corrected chi connectivity index (χ3v) is 5.07. The Hall–Kier alpha value is -2.30. The van der Waals surface area contributed by atoms with E-state index in [1.165, 1.54) is 11.1 Å². The van der Waals surface area contributed by atoms with Crippen LogP contribution in [-0.4, -0.2) is 58.8 Å². The third kappa shape index (κ3) is 8.04.